The van der Waals surface area contributed by atoms with E-state index in [0.717, 1.165) is 26.0 Å². The number of benzene rings is 1. The summed E-state index contributed by atoms with van der Waals surface area (Å²) in [6, 6.07) is 7.77. The topological polar surface area (TPSA) is 82.9 Å². The Morgan fingerprint density at radius 1 is 1.24 bits per heavy atom. The van der Waals surface area contributed by atoms with Gasteiger partial charge in [-0.3, -0.25) is 13.9 Å². The Morgan fingerprint density at radius 3 is 2.56 bits per heavy atom. The summed E-state index contributed by atoms with van der Waals surface area (Å²) in [5.41, 5.74) is 7.03. The third-order valence-electron chi connectivity index (χ3n) is 3.88. The summed E-state index contributed by atoms with van der Waals surface area (Å²) in [6.07, 6.45) is 0.739. The molecule has 0 unspecified atom stereocenters. The minimum Gasteiger partial charge on any atom is -0.384 e. The highest BCUT2D eigenvalue weighted by atomic mass is 79.9. The van der Waals surface area contributed by atoms with E-state index in [1.54, 1.807) is 5.38 Å². The molecule has 0 aliphatic carbocycles. The first-order valence-corrected chi connectivity index (χ1v) is 9.42. The number of hydrogen-bond acceptors (Lipinski definition) is 5. The molecule has 8 heteroatoms. The van der Waals surface area contributed by atoms with E-state index in [2.05, 4.69) is 20.9 Å². The highest BCUT2D eigenvalue weighted by Gasteiger charge is 2.19. The molecule has 2 heterocycles. The molecule has 0 atom stereocenters. The van der Waals surface area contributed by atoms with Crippen LogP contribution in [0.3, 0.4) is 0 Å². The molecule has 0 saturated heterocycles. The Hall–Kier alpha value is -2.19. The van der Waals surface area contributed by atoms with Crippen LogP contribution < -0.4 is 17.0 Å². The van der Waals surface area contributed by atoms with Gasteiger partial charge in [0, 0.05) is 29.0 Å². The van der Waals surface area contributed by atoms with Crippen molar-refractivity contribution < 1.29 is 0 Å². The minimum absolute atomic E-state index is 0.169. The van der Waals surface area contributed by atoms with Crippen molar-refractivity contribution >= 4 is 33.1 Å². The fraction of sp³-hybridized carbons (Fsp3) is 0.235. The van der Waals surface area contributed by atoms with Crippen molar-refractivity contribution in [1.82, 2.24) is 14.1 Å². The highest BCUT2D eigenvalue weighted by molar-refractivity contribution is 9.10. The van der Waals surface area contributed by atoms with Gasteiger partial charge in [-0.15, -0.1) is 11.3 Å². The third-order valence-corrected chi connectivity index (χ3v) is 5.30. The van der Waals surface area contributed by atoms with E-state index in [-0.39, 0.29) is 11.4 Å². The second-order valence-electron chi connectivity index (χ2n) is 5.60. The van der Waals surface area contributed by atoms with Gasteiger partial charge in [-0.25, -0.2) is 9.78 Å². The number of halogens is 1. The van der Waals surface area contributed by atoms with Crippen LogP contribution in [0.5, 0.6) is 0 Å². The van der Waals surface area contributed by atoms with Crippen LogP contribution in [0, 0.1) is 0 Å². The molecular weight excluding hydrogens is 404 g/mol. The smallest absolute Gasteiger partial charge is 0.332 e. The molecular formula is C17H17BrN4O2S. The molecule has 0 spiro atoms. The average Bonchev–Trinajstić information content (AvgIpc) is 3.07. The zero-order valence-corrected chi connectivity index (χ0v) is 16.2. The predicted octanol–water partition coefficient (Wildman–Crippen LogP) is 3.09. The largest absolute Gasteiger partial charge is 0.384 e. The fourth-order valence-electron chi connectivity index (χ4n) is 2.58. The van der Waals surface area contributed by atoms with Gasteiger partial charge in [0.15, 0.2) is 0 Å². The van der Waals surface area contributed by atoms with Crippen LogP contribution in [-0.4, -0.2) is 14.1 Å². The van der Waals surface area contributed by atoms with Gasteiger partial charge in [0.1, 0.15) is 16.4 Å². The number of nitrogen functional groups attached to an aromatic ring is 1. The maximum atomic E-state index is 12.6. The Kier molecular flexibility index (Phi) is 4.91. The lowest BCUT2D eigenvalue weighted by atomic mass is 10.2. The number of nitrogens with zero attached hydrogens (tertiary/aromatic N) is 3. The predicted molar refractivity (Wildman–Crippen MR) is 105 cm³/mol. The van der Waals surface area contributed by atoms with Crippen LogP contribution in [0.25, 0.3) is 21.8 Å². The van der Waals surface area contributed by atoms with E-state index in [1.165, 1.54) is 23.0 Å². The average molecular weight is 421 g/mol. The number of hydrogen-bond donors (Lipinski definition) is 1. The lowest BCUT2D eigenvalue weighted by Gasteiger charge is -2.13. The summed E-state index contributed by atoms with van der Waals surface area (Å²) < 4.78 is 3.49. The molecule has 130 valence electrons. The standard InChI is InChI=1S/C17H17BrN4O2S/c1-3-8-22-14(19)13(16(23)21(2)17(22)24)12-9-25-15(20-12)10-4-6-11(18)7-5-10/h4-7,9H,3,8,19H2,1-2H3. The quantitative estimate of drug-likeness (QED) is 0.702. The number of nitrogens with two attached hydrogens (primary N) is 1. The molecule has 0 bridgehead atoms. The molecule has 1 aromatic carbocycles. The molecule has 25 heavy (non-hydrogen) atoms. The SMILES string of the molecule is CCCn1c(N)c(-c2csc(-c3ccc(Br)cc3)n2)c(=O)n(C)c1=O. The number of rotatable bonds is 4. The van der Waals surface area contributed by atoms with Crippen molar-refractivity contribution in [3.63, 3.8) is 0 Å². The van der Waals surface area contributed by atoms with Gasteiger partial charge < -0.3 is 5.73 Å². The van der Waals surface area contributed by atoms with Crippen molar-refractivity contribution in [2.24, 2.45) is 7.05 Å². The minimum atomic E-state index is -0.428. The van der Waals surface area contributed by atoms with Gasteiger partial charge in [0.25, 0.3) is 5.56 Å². The van der Waals surface area contributed by atoms with Crippen LogP contribution in [0.1, 0.15) is 13.3 Å². The maximum absolute atomic E-state index is 12.6. The van der Waals surface area contributed by atoms with Gasteiger partial charge >= 0.3 is 5.69 Å². The molecule has 0 amide bonds. The van der Waals surface area contributed by atoms with Crippen molar-refractivity contribution in [3.8, 4) is 21.8 Å². The van der Waals surface area contributed by atoms with E-state index in [9.17, 15) is 9.59 Å². The highest BCUT2D eigenvalue weighted by Crippen LogP contribution is 2.30. The van der Waals surface area contributed by atoms with E-state index in [4.69, 9.17) is 5.73 Å². The molecule has 3 rings (SSSR count). The summed E-state index contributed by atoms with van der Waals surface area (Å²) in [6.45, 7) is 2.40. The molecule has 2 N–H and O–H groups in total. The van der Waals surface area contributed by atoms with Crippen LogP contribution >= 0.6 is 27.3 Å². The molecule has 0 aliphatic rings. The molecule has 0 radical (unpaired) electrons. The molecule has 0 saturated carbocycles. The zero-order valence-electron chi connectivity index (χ0n) is 13.8. The van der Waals surface area contributed by atoms with Gasteiger partial charge in [-0.1, -0.05) is 35.0 Å². The lowest BCUT2D eigenvalue weighted by molar-refractivity contribution is 0.600. The fourth-order valence-corrected chi connectivity index (χ4v) is 3.66. The maximum Gasteiger partial charge on any atom is 0.332 e. The molecule has 2 aromatic heterocycles. The van der Waals surface area contributed by atoms with Gasteiger partial charge in [-0.2, -0.15) is 0 Å². The van der Waals surface area contributed by atoms with Crippen molar-refractivity contribution in [3.05, 3.63) is 55.0 Å². The van der Waals surface area contributed by atoms with Crippen molar-refractivity contribution in [2.75, 3.05) is 5.73 Å². The first kappa shape index (κ1) is 17.6. The number of aromatic nitrogens is 3. The van der Waals surface area contributed by atoms with Gasteiger partial charge in [0.05, 0.1) is 5.69 Å². The molecule has 0 fully saturated rings. The van der Waals surface area contributed by atoms with Crippen LogP contribution in [0.2, 0.25) is 0 Å². The summed E-state index contributed by atoms with van der Waals surface area (Å²) in [5, 5.41) is 2.59. The Balaban J connectivity index is 2.16. The van der Waals surface area contributed by atoms with Crippen LogP contribution in [0.15, 0.2) is 43.7 Å². The van der Waals surface area contributed by atoms with Gasteiger partial charge in [-0.05, 0) is 18.6 Å². The lowest BCUT2D eigenvalue weighted by Crippen LogP contribution is -2.40. The van der Waals surface area contributed by atoms with E-state index in [0.29, 0.717) is 12.2 Å². The second-order valence-corrected chi connectivity index (χ2v) is 7.38. The van der Waals surface area contributed by atoms with Gasteiger partial charge in [0.2, 0.25) is 0 Å². The summed E-state index contributed by atoms with van der Waals surface area (Å²) in [4.78, 5) is 29.4. The van der Waals surface area contributed by atoms with Crippen molar-refractivity contribution in [2.45, 2.75) is 19.9 Å². The summed E-state index contributed by atoms with van der Waals surface area (Å²) in [5.74, 6) is 0.169. The summed E-state index contributed by atoms with van der Waals surface area (Å²) >= 11 is 4.84. The third kappa shape index (κ3) is 3.19. The zero-order chi connectivity index (χ0) is 18.1. The van der Waals surface area contributed by atoms with Crippen LogP contribution in [-0.2, 0) is 13.6 Å². The molecule has 3 aromatic rings. The monoisotopic (exact) mass is 420 g/mol. The van der Waals surface area contributed by atoms with E-state index in [1.807, 2.05) is 31.2 Å². The molecule has 6 nitrogen and oxygen atoms in total. The Morgan fingerprint density at radius 2 is 1.92 bits per heavy atom. The summed E-state index contributed by atoms with van der Waals surface area (Å²) in [7, 11) is 1.46. The number of thiazole rings is 1. The Labute approximate surface area is 156 Å². The number of anilines is 1. The van der Waals surface area contributed by atoms with Crippen molar-refractivity contribution in [1.29, 1.82) is 0 Å². The first-order chi connectivity index (χ1) is 11.9. The van der Waals surface area contributed by atoms with Crippen LogP contribution in [0.4, 0.5) is 5.82 Å². The molecule has 0 aliphatic heterocycles. The van der Waals surface area contributed by atoms with E-state index < -0.39 is 11.2 Å². The Bertz CT molecular complexity index is 1030. The normalized spacial score (nSPS) is 11.0. The second kappa shape index (κ2) is 6.97. The first-order valence-electron chi connectivity index (χ1n) is 7.75. The van der Waals surface area contributed by atoms with E-state index >= 15 is 0 Å².